The zero-order chi connectivity index (χ0) is 16.2. The third-order valence-electron chi connectivity index (χ3n) is 3.80. The molecule has 118 valence electrons. The van der Waals surface area contributed by atoms with Gasteiger partial charge in [-0.25, -0.2) is 0 Å². The van der Waals surface area contributed by atoms with Crippen LogP contribution in [0, 0.1) is 0 Å². The Balaban J connectivity index is 2.05. The van der Waals surface area contributed by atoms with E-state index in [0.29, 0.717) is 6.54 Å². The number of nitrogens with zero attached hydrogens (tertiary/aromatic N) is 1. The first-order valence-electron chi connectivity index (χ1n) is 7.43. The van der Waals surface area contributed by atoms with Gasteiger partial charge in [-0.2, -0.15) is 0 Å². The summed E-state index contributed by atoms with van der Waals surface area (Å²) >= 11 is 6.20. The highest BCUT2D eigenvalue weighted by molar-refractivity contribution is 6.32. The van der Waals surface area contributed by atoms with Crippen LogP contribution in [0.1, 0.15) is 11.3 Å². The van der Waals surface area contributed by atoms with Crippen LogP contribution in [0.2, 0.25) is 5.02 Å². The Morgan fingerprint density at radius 2 is 1.96 bits per heavy atom. The van der Waals surface area contributed by atoms with Crippen molar-refractivity contribution in [1.82, 2.24) is 4.57 Å². The molecule has 1 heterocycles. The molecular weight excluding hydrogens is 310 g/mol. The number of aliphatic hydroxyl groups excluding tert-OH is 1. The fraction of sp³-hybridized carbons (Fsp3) is 0.158. The molecule has 1 aromatic heterocycles. The maximum atomic E-state index is 9.36. The summed E-state index contributed by atoms with van der Waals surface area (Å²) < 4.78 is 7.37. The van der Waals surface area contributed by atoms with Crippen molar-refractivity contribution in [2.45, 2.75) is 6.54 Å². The SMILES string of the molecule is COc1ccc2c(c1)cc(C=Cc1ccccc1Cl)n2CCO. The average Bonchev–Trinajstić information content (AvgIpc) is 2.91. The van der Waals surface area contributed by atoms with Crippen LogP contribution >= 0.6 is 11.6 Å². The highest BCUT2D eigenvalue weighted by Gasteiger charge is 2.07. The van der Waals surface area contributed by atoms with Gasteiger partial charge in [0.05, 0.1) is 13.7 Å². The van der Waals surface area contributed by atoms with Crippen molar-refractivity contribution in [2.75, 3.05) is 13.7 Å². The van der Waals surface area contributed by atoms with Crippen LogP contribution < -0.4 is 4.74 Å². The minimum absolute atomic E-state index is 0.0861. The normalized spacial score (nSPS) is 11.4. The molecule has 0 fully saturated rings. The van der Waals surface area contributed by atoms with Gasteiger partial charge in [-0.1, -0.05) is 35.9 Å². The Hall–Kier alpha value is -2.23. The van der Waals surface area contributed by atoms with E-state index in [0.717, 1.165) is 32.9 Å². The smallest absolute Gasteiger partial charge is 0.119 e. The fourth-order valence-corrected chi connectivity index (χ4v) is 2.87. The molecule has 0 atom stereocenters. The molecule has 3 rings (SSSR count). The van der Waals surface area contributed by atoms with Crippen molar-refractivity contribution in [3.8, 4) is 5.75 Å². The monoisotopic (exact) mass is 327 g/mol. The van der Waals surface area contributed by atoms with E-state index < -0.39 is 0 Å². The Kier molecular flexibility index (Phi) is 4.70. The van der Waals surface area contributed by atoms with Crippen molar-refractivity contribution in [3.63, 3.8) is 0 Å². The number of hydrogen-bond acceptors (Lipinski definition) is 2. The lowest BCUT2D eigenvalue weighted by Gasteiger charge is -2.07. The summed E-state index contributed by atoms with van der Waals surface area (Å²) in [6, 6.07) is 15.7. The van der Waals surface area contributed by atoms with E-state index >= 15 is 0 Å². The standard InChI is InChI=1S/C19H18ClNO2/c1-23-17-8-9-19-15(13-17)12-16(21(19)10-11-22)7-6-14-4-2-3-5-18(14)20/h2-9,12-13,22H,10-11H2,1H3. The van der Waals surface area contributed by atoms with Crippen molar-refractivity contribution in [2.24, 2.45) is 0 Å². The van der Waals surface area contributed by atoms with Crippen molar-refractivity contribution in [3.05, 3.63) is 64.8 Å². The lowest BCUT2D eigenvalue weighted by Crippen LogP contribution is -2.03. The summed E-state index contributed by atoms with van der Waals surface area (Å²) in [7, 11) is 1.66. The largest absolute Gasteiger partial charge is 0.497 e. The topological polar surface area (TPSA) is 34.4 Å². The number of ether oxygens (including phenoxy) is 1. The van der Waals surface area contributed by atoms with Gasteiger partial charge in [0.2, 0.25) is 0 Å². The van der Waals surface area contributed by atoms with Crippen molar-refractivity contribution < 1.29 is 9.84 Å². The van der Waals surface area contributed by atoms with E-state index in [1.54, 1.807) is 7.11 Å². The highest BCUT2D eigenvalue weighted by Crippen LogP contribution is 2.26. The first kappa shape index (κ1) is 15.7. The number of fused-ring (bicyclic) bond motifs is 1. The fourth-order valence-electron chi connectivity index (χ4n) is 2.67. The second kappa shape index (κ2) is 6.90. The highest BCUT2D eigenvalue weighted by atomic mass is 35.5. The molecule has 0 aliphatic heterocycles. The molecule has 0 aliphatic carbocycles. The van der Waals surface area contributed by atoms with Gasteiger partial charge >= 0.3 is 0 Å². The van der Waals surface area contributed by atoms with Crippen LogP contribution in [0.25, 0.3) is 23.1 Å². The number of rotatable bonds is 5. The summed E-state index contributed by atoms with van der Waals surface area (Å²) in [6.07, 6.45) is 4.00. The maximum Gasteiger partial charge on any atom is 0.119 e. The first-order chi connectivity index (χ1) is 11.2. The van der Waals surface area contributed by atoms with Gasteiger partial charge < -0.3 is 14.4 Å². The minimum atomic E-state index is 0.0861. The Bertz CT molecular complexity index is 852. The molecule has 23 heavy (non-hydrogen) atoms. The van der Waals surface area contributed by atoms with E-state index in [2.05, 4.69) is 10.6 Å². The lowest BCUT2D eigenvalue weighted by molar-refractivity contribution is 0.278. The number of methoxy groups -OCH3 is 1. The average molecular weight is 328 g/mol. The molecule has 3 nitrogen and oxygen atoms in total. The number of hydrogen-bond donors (Lipinski definition) is 1. The summed E-state index contributed by atoms with van der Waals surface area (Å²) in [5.74, 6) is 0.820. The van der Waals surface area contributed by atoms with Crippen LogP contribution in [-0.4, -0.2) is 23.4 Å². The lowest BCUT2D eigenvalue weighted by atomic mass is 10.2. The summed E-state index contributed by atoms with van der Waals surface area (Å²) in [6.45, 7) is 0.626. The molecule has 0 radical (unpaired) electrons. The van der Waals surface area contributed by atoms with Gasteiger partial charge in [-0.3, -0.25) is 0 Å². The Labute approximate surface area is 140 Å². The van der Waals surface area contributed by atoms with Gasteiger partial charge in [0, 0.05) is 28.2 Å². The molecule has 0 spiro atoms. The van der Waals surface area contributed by atoms with Crippen LogP contribution in [0.4, 0.5) is 0 Å². The summed E-state index contributed by atoms with van der Waals surface area (Å²) in [5, 5.41) is 11.2. The van der Waals surface area contributed by atoms with Crippen LogP contribution in [0.3, 0.4) is 0 Å². The molecule has 0 amide bonds. The molecule has 0 saturated heterocycles. The van der Waals surface area contributed by atoms with E-state index in [-0.39, 0.29) is 6.61 Å². The molecule has 1 N–H and O–H groups in total. The molecular formula is C19H18ClNO2. The third-order valence-corrected chi connectivity index (χ3v) is 4.15. The minimum Gasteiger partial charge on any atom is -0.497 e. The number of halogens is 1. The third kappa shape index (κ3) is 3.26. The predicted octanol–water partition coefficient (Wildman–Crippen LogP) is 4.47. The Morgan fingerprint density at radius 1 is 1.13 bits per heavy atom. The molecule has 0 aliphatic rings. The maximum absolute atomic E-state index is 9.36. The molecule has 0 bridgehead atoms. The van der Waals surface area contributed by atoms with Crippen LogP contribution in [0.15, 0.2) is 48.5 Å². The van der Waals surface area contributed by atoms with E-state index in [4.69, 9.17) is 16.3 Å². The predicted molar refractivity (Wildman–Crippen MR) is 96.0 cm³/mol. The van der Waals surface area contributed by atoms with Crippen LogP contribution in [0.5, 0.6) is 5.75 Å². The molecule has 3 aromatic rings. The second-order valence-electron chi connectivity index (χ2n) is 5.22. The zero-order valence-corrected chi connectivity index (χ0v) is 13.6. The number of aromatic nitrogens is 1. The number of benzene rings is 2. The Morgan fingerprint density at radius 3 is 2.70 bits per heavy atom. The zero-order valence-electron chi connectivity index (χ0n) is 12.9. The first-order valence-corrected chi connectivity index (χ1v) is 7.81. The number of aliphatic hydroxyl groups is 1. The van der Waals surface area contributed by atoms with E-state index in [1.807, 2.05) is 54.6 Å². The molecule has 4 heteroatoms. The van der Waals surface area contributed by atoms with Gasteiger partial charge in [0.15, 0.2) is 0 Å². The van der Waals surface area contributed by atoms with Gasteiger partial charge in [0.25, 0.3) is 0 Å². The van der Waals surface area contributed by atoms with Gasteiger partial charge in [-0.15, -0.1) is 0 Å². The van der Waals surface area contributed by atoms with Crippen LogP contribution in [-0.2, 0) is 6.54 Å². The van der Waals surface area contributed by atoms with E-state index in [9.17, 15) is 5.11 Å². The van der Waals surface area contributed by atoms with Gasteiger partial charge in [0.1, 0.15) is 5.75 Å². The molecule has 0 saturated carbocycles. The van der Waals surface area contributed by atoms with Crippen molar-refractivity contribution in [1.29, 1.82) is 0 Å². The quantitative estimate of drug-likeness (QED) is 0.750. The van der Waals surface area contributed by atoms with E-state index in [1.165, 1.54) is 0 Å². The van der Waals surface area contributed by atoms with Gasteiger partial charge in [-0.05, 0) is 42.0 Å². The second-order valence-corrected chi connectivity index (χ2v) is 5.63. The summed E-state index contributed by atoms with van der Waals surface area (Å²) in [5.41, 5.74) is 3.05. The molecule has 2 aromatic carbocycles. The van der Waals surface area contributed by atoms with Crippen molar-refractivity contribution >= 4 is 34.7 Å². The summed E-state index contributed by atoms with van der Waals surface area (Å²) in [4.78, 5) is 0. The molecule has 0 unspecified atom stereocenters.